The summed E-state index contributed by atoms with van der Waals surface area (Å²) in [6, 6.07) is 5.67. The second-order valence-electron chi connectivity index (χ2n) is 5.04. The van der Waals surface area contributed by atoms with Crippen molar-refractivity contribution >= 4 is 15.8 Å². The summed E-state index contributed by atoms with van der Waals surface area (Å²) in [7, 11) is -3.58. The summed E-state index contributed by atoms with van der Waals surface area (Å²) in [5.41, 5.74) is 0.496. The fraction of sp³-hybridized carbons (Fsp3) is 0.500. The molecule has 0 radical (unpaired) electrons. The molecule has 0 saturated carbocycles. The quantitative estimate of drug-likeness (QED) is 0.840. The van der Waals surface area contributed by atoms with E-state index in [9.17, 15) is 13.2 Å². The van der Waals surface area contributed by atoms with Crippen LogP contribution in [-0.4, -0.2) is 33.0 Å². The monoisotopic (exact) mass is 297 g/mol. The van der Waals surface area contributed by atoms with Crippen LogP contribution in [0, 0.1) is 0 Å². The zero-order valence-electron chi connectivity index (χ0n) is 11.6. The number of hydrogen-bond acceptors (Lipinski definition) is 4. The molecule has 2 rings (SSSR count). The van der Waals surface area contributed by atoms with Gasteiger partial charge in [-0.1, -0.05) is 12.1 Å². The Morgan fingerprint density at radius 2 is 2.00 bits per heavy atom. The summed E-state index contributed by atoms with van der Waals surface area (Å²) in [5, 5.41) is 0. The third-order valence-corrected chi connectivity index (χ3v) is 5.01. The van der Waals surface area contributed by atoms with Gasteiger partial charge in [0.15, 0.2) is 5.78 Å². The minimum absolute atomic E-state index is 0.0683. The van der Waals surface area contributed by atoms with Crippen LogP contribution in [0.1, 0.15) is 37.0 Å². The lowest BCUT2D eigenvalue weighted by Gasteiger charge is -2.20. The summed E-state index contributed by atoms with van der Waals surface area (Å²) in [5.74, 6) is -0.0883. The molecule has 1 N–H and O–H groups in total. The highest BCUT2D eigenvalue weighted by molar-refractivity contribution is 7.89. The number of carbonyl (C=O) groups excluding carboxylic acids is 1. The van der Waals surface area contributed by atoms with Crippen molar-refractivity contribution in [1.82, 2.24) is 4.72 Å². The maximum atomic E-state index is 12.2. The van der Waals surface area contributed by atoms with E-state index in [0.29, 0.717) is 12.2 Å². The van der Waals surface area contributed by atoms with Crippen LogP contribution >= 0.6 is 0 Å². The van der Waals surface area contributed by atoms with E-state index >= 15 is 0 Å². The van der Waals surface area contributed by atoms with E-state index in [1.807, 2.05) is 0 Å². The molecule has 1 aliphatic heterocycles. The van der Waals surface area contributed by atoms with Gasteiger partial charge < -0.3 is 4.74 Å². The molecule has 0 bridgehead atoms. The first-order valence-corrected chi connectivity index (χ1v) is 8.13. The van der Waals surface area contributed by atoms with Crippen molar-refractivity contribution in [1.29, 1.82) is 0 Å². The topological polar surface area (TPSA) is 72.5 Å². The number of carbonyl (C=O) groups is 1. The largest absolute Gasteiger partial charge is 0.377 e. The number of rotatable bonds is 5. The molecule has 0 aliphatic carbocycles. The number of benzene rings is 1. The molecule has 5 nitrogen and oxygen atoms in total. The first kappa shape index (κ1) is 15.2. The molecule has 0 unspecified atom stereocenters. The number of nitrogens with one attached hydrogen (secondary N) is 1. The van der Waals surface area contributed by atoms with Crippen LogP contribution in [0.15, 0.2) is 29.2 Å². The highest BCUT2D eigenvalue weighted by atomic mass is 32.2. The van der Waals surface area contributed by atoms with Crippen molar-refractivity contribution in [2.45, 2.75) is 43.7 Å². The minimum atomic E-state index is -3.58. The molecule has 6 heteroatoms. The molecule has 1 heterocycles. The van der Waals surface area contributed by atoms with Gasteiger partial charge in [0.05, 0.1) is 11.0 Å². The zero-order chi connectivity index (χ0) is 14.8. The molecule has 110 valence electrons. The lowest BCUT2D eigenvalue weighted by Crippen LogP contribution is -2.40. The van der Waals surface area contributed by atoms with Gasteiger partial charge in [-0.3, -0.25) is 4.79 Å². The van der Waals surface area contributed by atoms with E-state index in [0.717, 1.165) is 12.8 Å². The maximum absolute atomic E-state index is 12.2. The van der Waals surface area contributed by atoms with Crippen LogP contribution in [0.2, 0.25) is 0 Å². The second kappa shape index (κ2) is 6.03. The first-order chi connectivity index (χ1) is 9.40. The fourth-order valence-electron chi connectivity index (χ4n) is 2.25. The van der Waals surface area contributed by atoms with Crippen molar-refractivity contribution in [3.63, 3.8) is 0 Å². The van der Waals surface area contributed by atoms with Crippen LogP contribution < -0.4 is 4.72 Å². The molecule has 1 fully saturated rings. The Morgan fingerprint density at radius 1 is 1.35 bits per heavy atom. The molecule has 0 aromatic heterocycles. The zero-order valence-corrected chi connectivity index (χ0v) is 12.4. The Labute approximate surface area is 119 Å². The average molecular weight is 297 g/mol. The summed E-state index contributed by atoms with van der Waals surface area (Å²) < 4.78 is 32.6. The van der Waals surface area contributed by atoms with Gasteiger partial charge in [0.25, 0.3) is 0 Å². The van der Waals surface area contributed by atoms with E-state index in [1.165, 1.54) is 31.2 Å². The van der Waals surface area contributed by atoms with Gasteiger partial charge in [-0.2, -0.15) is 0 Å². The molecule has 1 aromatic carbocycles. The van der Waals surface area contributed by atoms with E-state index in [4.69, 9.17) is 4.74 Å². The van der Waals surface area contributed by atoms with Gasteiger partial charge in [-0.15, -0.1) is 0 Å². The summed E-state index contributed by atoms with van der Waals surface area (Å²) in [6.45, 7) is 3.93. The standard InChI is InChI=1S/C14H19NO4S/c1-10(14-4-3-9-19-14)15-20(17,18)13-7-5-12(6-8-13)11(2)16/h5-8,10,14-15H,3-4,9H2,1-2H3/t10-,14-/m1/s1. The van der Waals surface area contributed by atoms with Crippen LogP contribution in [0.5, 0.6) is 0 Å². The number of ketones is 1. The summed E-state index contributed by atoms with van der Waals surface area (Å²) >= 11 is 0. The van der Waals surface area contributed by atoms with Crippen molar-refractivity contribution < 1.29 is 17.9 Å². The third kappa shape index (κ3) is 3.45. The van der Waals surface area contributed by atoms with Gasteiger partial charge in [-0.05, 0) is 38.8 Å². The fourth-order valence-corrected chi connectivity index (χ4v) is 3.53. The van der Waals surface area contributed by atoms with Crippen LogP contribution in [0.3, 0.4) is 0 Å². The molecule has 1 aromatic rings. The Balaban J connectivity index is 2.11. The highest BCUT2D eigenvalue weighted by Crippen LogP contribution is 2.18. The average Bonchev–Trinajstić information content (AvgIpc) is 2.92. The molecule has 0 amide bonds. The molecule has 0 spiro atoms. The van der Waals surface area contributed by atoms with Gasteiger partial charge >= 0.3 is 0 Å². The van der Waals surface area contributed by atoms with E-state index in [1.54, 1.807) is 6.92 Å². The first-order valence-electron chi connectivity index (χ1n) is 6.65. The van der Waals surface area contributed by atoms with Gasteiger partial charge in [-0.25, -0.2) is 13.1 Å². The van der Waals surface area contributed by atoms with Gasteiger partial charge in [0, 0.05) is 18.2 Å². The normalized spacial score (nSPS) is 20.8. The molecular weight excluding hydrogens is 278 g/mol. The van der Waals surface area contributed by atoms with E-state index < -0.39 is 10.0 Å². The van der Waals surface area contributed by atoms with E-state index in [2.05, 4.69) is 4.72 Å². The lowest BCUT2D eigenvalue weighted by atomic mass is 10.1. The highest BCUT2D eigenvalue weighted by Gasteiger charge is 2.26. The smallest absolute Gasteiger partial charge is 0.240 e. The van der Waals surface area contributed by atoms with E-state index in [-0.39, 0.29) is 22.8 Å². The second-order valence-corrected chi connectivity index (χ2v) is 6.76. The van der Waals surface area contributed by atoms with Crippen molar-refractivity contribution in [3.05, 3.63) is 29.8 Å². The van der Waals surface area contributed by atoms with Crippen molar-refractivity contribution in [2.75, 3.05) is 6.61 Å². The maximum Gasteiger partial charge on any atom is 0.240 e. The molecule has 20 heavy (non-hydrogen) atoms. The molecule has 2 atom stereocenters. The Kier molecular flexibility index (Phi) is 4.57. The molecule has 1 saturated heterocycles. The van der Waals surface area contributed by atoms with Gasteiger partial charge in [0.2, 0.25) is 10.0 Å². The third-order valence-electron chi connectivity index (χ3n) is 3.43. The number of Topliss-reactive ketones (excluding diaryl/α,β-unsaturated/α-hetero) is 1. The Morgan fingerprint density at radius 3 is 2.50 bits per heavy atom. The van der Waals surface area contributed by atoms with Gasteiger partial charge in [0.1, 0.15) is 0 Å². The minimum Gasteiger partial charge on any atom is -0.377 e. The van der Waals surface area contributed by atoms with Crippen LogP contribution in [-0.2, 0) is 14.8 Å². The Bertz CT molecular complexity index is 574. The summed E-state index contributed by atoms with van der Waals surface area (Å²) in [6.07, 6.45) is 1.76. The van der Waals surface area contributed by atoms with Crippen molar-refractivity contribution in [2.24, 2.45) is 0 Å². The molecular formula is C14H19NO4S. The number of ether oxygens (including phenoxy) is 1. The van der Waals surface area contributed by atoms with Crippen molar-refractivity contribution in [3.8, 4) is 0 Å². The summed E-state index contributed by atoms with van der Waals surface area (Å²) in [4.78, 5) is 11.3. The van der Waals surface area contributed by atoms with Crippen LogP contribution in [0.4, 0.5) is 0 Å². The Hall–Kier alpha value is -1.24. The number of sulfonamides is 1. The lowest BCUT2D eigenvalue weighted by molar-refractivity contribution is 0.0902. The SMILES string of the molecule is CC(=O)c1ccc(S(=O)(=O)N[C@H](C)[C@H]2CCCO2)cc1. The molecule has 1 aliphatic rings. The predicted octanol–water partition coefficient (Wildman–Crippen LogP) is 1.74. The predicted molar refractivity (Wildman–Crippen MR) is 75.2 cm³/mol. The number of hydrogen-bond donors (Lipinski definition) is 1. The van der Waals surface area contributed by atoms with Crippen LogP contribution in [0.25, 0.3) is 0 Å².